The van der Waals surface area contributed by atoms with Crippen LogP contribution >= 0.6 is 0 Å². The molecular weight excluding hydrogens is 278 g/mol. The molecule has 0 aromatic rings. The van der Waals surface area contributed by atoms with Gasteiger partial charge in [0.1, 0.15) is 0 Å². The van der Waals surface area contributed by atoms with Gasteiger partial charge in [0.15, 0.2) is 0 Å². The van der Waals surface area contributed by atoms with Crippen LogP contribution in [0.25, 0.3) is 0 Å². The Morgan fingerprint density at radius 2 is 2.36 bits per heavy atom. The molecule has 1 aliphatic carbocycles. The fourth-order valence-electron chi connectivity index (χ4n) is 3.49. The number of hydrogen-bond donors (Lipinski definition) is 4. The number of piperidine rings is 1. The Bertz CT molecular complexity index is 537. The van der Waals surface area contributed by atoms with Gasteiger partial charge in [0.25, 0.3) is 0 Å². The van der Waals surface area contributed by atoms with E-state index in [9.17, 15) is 4.79 Å². The second kappa shape index (κ2) is 6.44. The van der Waals surface area contributed by atoms with Crippen molar-refractivity contribution >= 4 is 6.03 Å². The van der Waals surface area contributed by atoms with Crippen molar-refractivity contribution in [2.45, 2.75) is 25.3 Å². The highest BCUT2D eigenvalue weighted by atomic mass is 16.2. The third kappa shape index (κ3) is 2.97. The number of amides is 2. The molecular formula is C16H25N5O. The first-order valence-electron chi connectivity index (χ1n) is 7.95. The van der Waals surface area contributed by atoms with Crippen molar-refractivity contribution in [1.82, 2.24) is 26.2 Å². The average Bonchev–Trinajstić information content (AvgIpc) is 3.06. The third-order valence-electron chi connectivity index (χ3n) is 4.76. The zero-order valence-corrected chi connectivity index (χ0v) is 13.3. The average molecular weight is 303 g/mol. The molecule has 1 saturated heterocycles. The van der Waals surface area contributed by atoms with Crippen molar-refractivity contribution in [1.29, 1.82) is 0 Å². The summed E-state index contributed by atoms with van der Waals surface area (Å²) in [5, 5.41) is 12.8. The van der Waals surface area contributed by atoms with Gasteiger partial charge < -0.3 is 26.2 Å². The molecule has 22 heavy (non-hydrogen) atoms. The minimum atomic E-state index is -0.0524. The molecule has 2 amide bonds. The SMILES string of the molecule is CNC(=O)N(C)C1=CCC2NCC/C(=C\C3=CNCN3)C2C1. The van der Waals surface area contributed by atoms with Gasteiger partial charge in [-0.15, -0.1) is 0 Å². The highest BCUT2D eigenvalue weighted by Crippen LogP contribution is 2.35. The summed E-state index contributed by atoms with van der Waals surface area (Å²) in [6.07, 6.45) is 9.46. The van der Waals surface area contributed by atoms with E-state index in [0.717, 1.165) is 43.9 Å². The summed E-state index contributed by atoms with van der Waals surface area (Å²) in [7, 11) is 3.51. The standard InChI is InChI=1S/C16H25N5O/c1-17-16(22)21(2)13-3-4-15-14(8-13)11(5-6-19-15)7-12-9-18-10-20-12/h3,7,9,14-15,18-20H,4-6,8,10H2,1-2H3,(H,17,22)/b11-7+. The number of nitrogens with zero attached hydrogens (tertiary/aromatic N) is 1. The lowest BCUT2D eigenvalue weighted by Crippen LogP contribution is -2.46. The smallest absolute Gasteiger partial charge is 0.321 e. The fourth-order valence-corrected chi connectivity index (χ4v) is 3.49. The minimum absolute atomic E-state index is 0.0524. The van der Waals surface area contributed by atoms with Crippen LogP contribution in [0.5, 0.6) is 0 Å². The number of nitrogens with one attached hydrogen (secondary N) is 4. The van der Waals surface area contributed by atoms with E-state index in [0.29, 0.717) is 12.0 Å². The highest BCUT2D eigenvalue weighted by Gasteiger charge is 2.33. The number of rotatable bonds is 2. The molecule has 0 spiro atoms. The second-order valence-electron chi connectivity index (χ2n) is 6.04. The Morgan fingerprint density at radius 1 is 1.50 bits per heavy atom. The van der Waals surface area contributed by atoms with Gasteiger partial charge in [-0.05, 0) is 31.9 Å². The molecule has 6 nitrogen and oxygen atoms in total. The number of urea groups is 1. The van der Waals surface area contributed by atoms with Gasteiger partial charge in [-0.25, -0.2) is 4.79 Å². The van der Waals surface area contributed by atoms with Crippen LogP contribution in [0.15, 0.2) is 35.3 Å². The molecule has 2 atom stereocenters. The molecule has 1 fully saturated rings. The lowest BCUT2D eigenvalue weighted by molar-refractivity contribution is 0.215. The van der Waals surface area contributed by atoms with E-state index >= 15 is 0 Å². The molecule has 4 N–H and O–H groups in total. The van der Waals surface area contributed by atoms with E-state index in [2.05, 4.69) is 33.4 Å². The maximum Gasteiger partial charge on any atom is 0.321 e. The van der Waals surface area contributed by atoms with Crippen LogP contribution in [-0.2, 0) is 0 Å². The zero-order valence-electron chi connectivity index (χ0n) is 13.3. The van der Waals surface area contributed by atoms with Gasteiger partial charge in [0, 0.05) is 38.0 Å². The zero-order chi connectivity index (χ0) is 15.5. The van der Waals surface area contributed by atoms with E-state index in [1.807, 2.05) is 13.2 Å². The van der Waals surface area contributed by atoms with Gasteiger partial charge in [-0.2, -0.15) is 0 Å². The van der Waals surface area contributed by atoms with Gasteiger partial charge >= 0.3 is 6.03 Å². The molecule has 2 unspecified atom stereocenters. The largest absolute Gasteiger partial charge is 0.372 e. The molecule has 0 aromatic heterocycles. The monoisotopic (exact) mass is 303 g/mol. The van der Waals surface area contributed by atoms with Crippen molar-refractivity contribution < 1.29 is 4.79 Å². The first-order valence-corrected chi connectivity index (χ1v) is 7.95. The third-order valence-corrected chi connectivity index (χ3v) is 4.76. The van der Waals surface area contributed by atoms with Crippen molar-refractivity contribution in [2.75, 3.05) is 27.3 Å². The minimum Gasteiger partial charge on any atom is -0.372 e. The Hall–Kier alpha value is -1.95. The summed E-state index contributed by atoms with van der Waals surface area (Å²) < 4.78 is 0. The predicted octanol–water partition coefficient (Wildman–Crippen LogP) is 0.832. The summed E-state index contributed by atoms with van der Waals surface area (Å²) in [6.45, 7) is 1.83. The van der Waals surface area contributed by atoms with Crippen LogP contribution in [0.3, 0.4) is 0 Å². The second-order valence-corrected chi connectivity index (χ2v) is 6.04. The van der Waals surface area contributed by atoms with E-state index in [4.69, 9.17) is 0 Å². The first-order chi connectivity index (χ1) is 10.7. The Morgan fingerprint density at radius 3 is 3.09 bits per heavy atom. The molecule has 0 bridgehead atoms. The van der Waals surface area contributed by atoms with E-state index in [1.165, 1.54) is 5.57 Å². The molecule has 2 aliphatic heterocycles. The normalized spacial score (nSPS) is 28.9. The maximum absolute atomic E-state index is 11.8. The topological polar surface area (TPSA) is 68.4 Å². The van der Waals surface area contributed by atoms with E-state index in [-0.39, 0.29) is 6.03 Å². The van der Waals surface area contributed by atoms with E-state index in [1.54, 1.807) is 11.9 Å². The van der Waals surface area contributed by atoms with Crippen molar-refractivity contribution in [3.63, 3.8) is 0 Å². The summed E-state index contributed by atoms with van der Waals surface area (Å²) in [6, 6.07) is 0.431. The Balaban J connectivity index is 1.77. The summed E-state index contributed by atoms with van der Waals surface area (Å²) >= 11 is 0. The fraction of sp³-hybridized carbons (Fsp3) is 0.562. The number of carbonyl (C=O) groups excluding carboxylic acids is 1. The number of hydrogen-bond acceptors (Lipinski definition) is 4. The summed E-state index contributed by atoms with van der Waals surface area (Å²) in [5.41, 5.74) is 3.75. The van der Waals surface area contributed by atoms with Crippen LogP contribution in [-0.4, -0.2) is 44.3 Å². The first kappa shape index (κ1) is 15.0. The van der Waals surface area contributed by atoms with Crippen LogP contribution in [0.2, 0.25) is 0 Å². The van der Waals surface area contributed by atoms with Crippen molar-refractivity contribution in [3.05, 3.63) is 35.3 Å². The molecule has 0 saturated carbocycles. The van der Waals surface area contributed by atoms with E-state index < -0.39 is 0 Å². The Labute approximate surface area is 131 Å². The molecule has 0 aromatic carbocycles. The van der Waals surface area contributed by atoms with Gasteiger partial charge in [0.05, 0.1) is 12.4 Å². The van der Waals surface area contributed by atoms with Gasteiger partial charge in [-0.3, -0.25) is 0 Å². The van der Waals surface area contributed by atoms with Crippen molar-refractivity contribution in [2.24, 2.45) is 5.92 Å². The van der Waals surface area contributed by atoms with Crippen molar-refractivity contribution in [3.8, 4) is 0 Å². The molecule has 2 heterocycles. The molecule has 0 radical (unpaired) electrons. The predicted molar refractivity (Wildman–Crippen MR) is 86.7 cm³/mol. The quantitative estimate of drug-likeness (QED) is 0.610. The molecule has 3 rings (SSSR count). The number of fused-ring (bicyclic) bond motifs is 1. The van der Waals surface area contributed by atoms with Crippen LogP contribution < -0.4 is 21.3 Å². The summed E-state index contributed by atoms with van der Waals surface area (Å²) in [4.78, 5) is 13.6. The molecule has 6 heteroatoms. The van der Waals surface area contributed by atoms with Crippen LogP contribution in [0, 0.1) is 5.92 Å². The highest BCUT2D eigenvalue weighted by molar-refractivity contribution is 5.75. The van der Waals surface area contributed by atoms with Gasteiger partial charge in [0.2, 0.25) is 0 Å². The lowest BCUT2D eigenvalue weighted by atomic mass is 9.77. The molecule has 120 valence electrons. The summed E-state index contributed by atoms with van der Waals surface area (Å²) in [5.74, 6) is 0.462. The van der Waals surface area contributed by atoms with Gasteiger partial charge in [-0.1, -0.05) is 11.6 Å². The number of carbonyl (C=O) groups is 1. The number of allylic oxidation sites excluding steroid dienone is 2. The molecule has 3 aliphatic rings. The lowest BCUT2D eigenvalue weighted by Gasteiger charge is -2.39. The van der Waals surface area contributed by atoms with Crippen LogP contribution in [0.4, 0.5) is 4.79 Å². The maximum atomic E-state index is 11.8. The van der Waals surface area contributed by atoms with Crippen LogP contribution in [0.1, 0.15) is 19.3 Å². The Kier molecular flexibility index (Phi) is 4.38.